The predicted molar refractivity (Wildman–Crippen MR) is 117 cm³/mol. The first-order valence-electron chi connectivity index (χ1n) is 10.8. The van der Waals surface area contributed by atoms with E-state index in [4.69, 9.17) is 4.74 Å². The number of aldehydes is 1. The molecule has 1 amide bonds. The van der Waals surface area contributed by atoms with Gasteiger partial charge in [-0.15, -0.1) is 0 Å². The number of amides is 1. The number of carbonyl (C=O) groups is 3. The monoisotopic (exact) mass is 423 g/mol. The lowest BCUT2D eigenvalue weighted by atomic mass is 9.61. The predicted octanol–water partition coefficient (Wildman–Crippen LogP) is 4.53. The minimum absolute atomic E-state index is 0.0135. The fourth-order valence-corrected chi connectivity index (χ4v) is 4.28. The molecular weight excluding hydrogens is 394 g/mol. The Bertz CT molecular complexity index is 881. The lowest BCUT2D eigenvalue weighted by molar-refractivity contribution is -0.151. The maximum Gasteiger partial charge on any atom is 0.303 e. The van der Waals surface area contributed by atoms with Gasteiger partial charge in [0.1, 0.15) is 17.8 Å². The van der Waals surface area contributed by atoms with Crippen molar-refractivity contribution in [3.8, 4) is 11.5 Å². The van der Waals surface area contributed by atoms with Crippen LogP contribution in [0.4, 0.5) is 0 Å². The standard InChI is InChI=1S/C25H29NO5/c1-2-13-26(25(30)23-15-19(12-14-27)22(23)16-24(28)29)17-18-8-10-21(11-9-18)31-20-6-4-3-5-7-20/h3-11,14,19,22-23H,2,12-13,15-17H2,1H3,(H,28,29). The van der Waals surface area contributed by atoms with Crippen LogP contribution in [-0.2, 0) is 20.9 Å². The van der Waals surface area contributed by atoms with Crippen LogP contribution in [0.15, 0.2) is 54.6 Å². The number of aliphatic carboxylic acids is 1. The SMILES string of the molecule is CCCN(Cc1ccc(Oc2ccccc2)cc1)C(=O)C1CC(CC=O)C1CC(=O)O. The van der Waals surface area contributed by atoms with E-state index in [0.717, 1.165) is 29.8 Å². The molecule has 1 N–H and O–H groups in total. The summed E-state index contributed by atoms with van der Waals surface area (Å²) in [5.41, 5.74) is 0.987. The van der Waals surface area contributed by atoms with Gasteiger partial charge in [-0.3, -0.25) is 9.59 Å². The van der Waals surface area contributed by atoms with Gasteiger partial charge in [-0.1, -0.05) is 37.3 Å². The first-order chi connectivity index (χ1) is 15.0. The molecule has 2 aromatic carbocycles. The van der Waals surface area contributed by atoms with Crippen molar-refractivity contribution >= 4 is 18.2 Å². The largest absolute Gasteiger partial charge is 0.481 e. The summed E-state index contributed by atoms with van der Waals surface area (Å²) >= 11 is 0. The zero-order valence-corrected chi connectivity index (χ0v) is 17.8. The summed E-state index contributed by atoms with van der Waals surface area (Å²) in [5, 5.41) is 9.22. The van der Waals surface area contributed by atoms with Crippen molar-refractivity contribution in [1.82, 2.24) is 4.90 Å². The Labute approximate surface area is 182 Å². The van der Waals surface area contributed by atoms with Crippen LogP contribution >= 0.6 is 0 Å². The second-order valence-electron chi connectivity index (χ2n) is 8.09. The molecule has 0 saturated heterocycles. The second kappa shape index (κ2) is 10.8. The third kappa shape index (κ3) is 5.94. The van der Waals surface area contributed by atoms with E-state index in [9.17, 15) is 19.5 Å². The molecule has 164 valence electrons. The quantitative estimate of drug-likeness (QED) is 0.537. The van der Waals surface area contributed by atoms with E-state index in [2.05, 4.69) is 0 Å². The number of carbonyl (C=O) groups excluding carboxylic acids is 2. The Morgan fingerprint density at radius 1 is 1.10 bits per heavy atom. The van der Waals surface area contributed by atoms with Gasteiger partial charge >= 0.3 is 5.97 Å². The van der Waals surface area contributed by atoms with E-state index >= 15 is 0 Å². The number of benzene rings is 2. The summed E-state index contributed by atoms with van der Waals surface area (Å²) in [5.74, 6) is -0.0582. The van der Waals surface area contributed by atoms with Crippen molar-refractivity contribution in [3.63, 3.8) is 0 Å². The molecule has 0 spiro atoms. The minimum Gasteiger partial charge on any atom is -0.481 e. The summed E-state index contributed by atoms with van der Waals surface area (Å²) in [6, 6.07) is 17.2. The van der Waals surface area contributed by atoms with Crippen LogP contribution in [0.2, 0.25) is 0 Å². The Morgan fingerprint density at radius 3 is 2.39 bits per heavy atom. The van der Waals surface area contributed by atoms with Gasteiger partial charge in [0, 0.05) is 31.8 Å². The van der Waals surface area contributed by atoms with Crippen molar-refractivity contribution in [3.05, 3.63) is 60.2 Å². The molecule has 0 radical (unpaired) electrons. The van der Waals surface area contributed by atoms with Gasteiger partial charge in [0.15, 0.2) is 0 Å². The summed E-state index contributed by atoms with van der Waals surface area (Å²) in [6.07, 6.45) is 2.47. The van der Waals surface area contributed by atoms with E-state index < -0.39 is 5.97 Å². The highest BCUT2D eigenvalue weighted by molar-refractivity contribution is 5.81. The number of carboxylic acid groups (broad SMARTS) is 1. The molecule has 0 heterocycles. The number of nitrogens with zero attached hydrogens (tertiary/aromatic N) is 1. The van der Waals surface area contributed by atoms with E-state index in [1.807, 2.05) is 66.4 Å². The molecule has 6 heteroatoms. The highest BCUT2D eigenvalue weighted by Gasteiger charge is 2.46. The first-order valence-corrected chi connectivity index (χ1v) is 10.8. The molecule has 1 aliphatic rings. The summed E-state index contributed by atoms with van der Waals surface area (Å²) in [4.78, 5) is 37.1. The molecule has 3 unspecified atom stereocenters. The molecule has 31 heavy (non-hydrogen) atoms. The van der Waals surface area contributed by atoms with Crippen LogP contribution < -0.4 is 4.74 Å². The number of hydrogen-bond donors (Lipinski definition) is 1. The number of rotatable bonds is 11. The number of ether oxygens (including phenoxy) is 1. The van der Waals surface area contributed by atoms with Crippen molar-refractivity contribution in [2.45, 2.75) is 39.2 Å². The van der Waals surface area contributed by atoms with Crippen molar-refractivity contribution < 1.29 is 24.2 Å². The minimum atomic E-state index is -0.922. The van der Waals surface area contributed by atoms with Crippen molar-refractivity contribution in [2.24, 2.45) is 17.8 Å². The smallest absolute Gasteiger partial charge is 0.303 e. The Morgan fingerprint density at radius 2 is 1.77 bits per heavy atom. The zero-order valence-electron chi connectivity index (χ0n) is 17.8. The van der Waals surface area contributed by atoms with Gasteiger partial charge in [0.05, 0.1) is 0 Å². The maximum absolute atomic E-state index is 13.2. The van der Waals surface area contributed by atoms with Crippen LogP contribution in [0.3, 0.4) is 0 Å². The molecule has 0 aliphatic heterocycles. The van der Waals surface area contributed by atoms with Crippen molar-refractivity contribution in [2.75, 3.05) is 6.54 Å². The second-order valence-corrected chi connectivity index (χ2v) is 8.09. The summed E-state index contributed by atoms with van der Waals surface area (Å²) in [6.45, 7) is 3.09. The fourth-order valence-electron chi connectivity index (χ4n) is 4.28. The van der Waals surface area contributed by atoms with Gasteiger partial charge in [-0.25, -0.2) is 0 Å². The lowest BCUT2D eigenvalue weighted by Gasteiger charge is -2.44. The molecule has 3 rings (SSSR count). The van der Waals surface area contributed by atoms with Gasteiger partial charge < -0.3 is 19.5 Å². The Hall–Kier alpha value is -3.15. The highest BCUT2D eigenvalue weighted by Crippen LogP contribution is 2.45. The van der Waals surface area contributed by atoms with E-state index in [1.165, 1.54) is 0 Å². The van der Waals surface area contributed by atoms with Crippen LogP contribution in [0.5, 0.6) is 11.5 Å². The van der Waals surface area contributed by atoms with Crippen molar-refractivity contribution in [1.29, 1.82) is 0 Å². The van der Waals surface area contributed by atoms with Crippen LogP contribution in [-0.4, -0.2) is 34.7 Å². The lowest BCUT2D eigenvalue weighted by Crippen LogP contribution is -2.49. The van der Waals surface area contributed by atoms with Gasteiger partial charge in [-0.05, 0) is 54.5 Å². The average molecular weight is 424 g/mol. The van der Waals surface area contributed by atoms with Gasteiger partial charge in [-0.2, -0.15) is 0 Å². The van der Waals surface area contributed by atoms with E-state index in [-0.39, 0.29) is 30.1 Å². The molecule has 0 aromatic heterocycles. The van der Waals surface area contributed by atoms with Gasteiger partial charge in [0.2, 0.25) is 5.91 Å². The topological polar surface area (TPSA) is 83.9 Å². The Kier molecular flexibility index (Phi) is 7.82. The van der Waals surface area contributed by atoms with Gasteiger partial charge in [0.25, 0.3) is 0 Å². The molecular formula is C25H29NO5. The molecule has 2 aromatic rings. The number of hydrogen-bond acceptors (Lipinski definition) is 4. The van der Waals surface area contributed by atoms with Crippen LogP contribution in [0, 0.1) is 17.8 Å². The summed E-state index contributed by atoms with van der Waals surface area (Å²) in [7, 11) is 0. The highest BCUT2D eigenvalue weighted by atomic mass is 16.5. The van der Waals surface area contributed by atoms with Crippen LogP contribution in [0.25, 0.3) is 0 Å². The molecule has 1 fully saturated rings. The molecule has 1 aliphatic carbocycles. The summed E-state index contributed by atoms with van der Waals surface area (Å²) < 4.78 is 5.82. The normalized spacial score (nSPS) is 19.8. The third-order valence-electron chi connectivity index (χ3n) is 5.89. The Balaban J connectivity index is 1.65. The first kappa shape index (κ1) is 22.5. The fraction of sp³-hybridized carbons (Fsp3) is 0.400. The molecule has 1 saturated carbocycles. The number of carboxylic acids is 1. The van der Waals surface area contributed by atoms with Crippen LogP contribution in [0.1, 0.15) is 38.2 Å². The maximum atomic E-state index is 13.2. The third-order valence-corrected chi connectivity index (χ3v) is 5.89. The molecule has 3 atom stereocenters. The van der Waals surface area contributed by atoms with E-state index in [1.54, 1.807) is 0 Å². The molecule has 0 bridgehead atoms. The molecule has 6 nitrogen and oxygen atoms in total. The average Bonchev–Trinajstić information content (AvgIpc) is 2.76. The number of para-hydroxylation sites is 1. The zero-order chi connectivity index (χ0) is 22.2. The van der Waals surface area contributed by atoms with E-state index in [0.29, 0.717) is 25.9 Å².